The second kappa shape index (κ2) is 7.26. The molecule has 0 saturated carbocycles. The first-order chi connectivity index (χ1) is 10.0. The molecular weight excluding hydrogens is 278 g/mol. The van der Waals surface area contributed by atoms with Crippen molar-refractivity contribution in [1.82, 2.24) is 15.5 Å². The number of aliphatic carboxylic acids is 1. The minimum absolute atomic E-state index is 0.0174. The Balaban J connectivity index is 1.68. The second-order valence-corrected chi connectivity index (χ2v) is 5.38. The van der Waals surface area contributed by atoms with Crippen molar-refractivity contribution in [2.24, 2.45) is 0 Å². The van der Waals surface area contributed by atoms with Gasteiger partial charge in [-0.3, -0.25) is 4.79 Å². The van der Waals surface area contributed by atoms with E-state index < -0.39 is 5.97 Å². The van der Waals surface area contributed by atoms with Gasteiger partial charge in [0.25, 0.3) is 0 Å². The molecule has 8 nitrogen and oxygen atoms in total. The van der Waals surface area contributed by atoms with E-state index in [0.717, 1.165) is 0 Å². The summed E-state index contributed by atoms with van der Waals surface area (Å²) in [5.41, 5.74) is 0. The predicted molar refractivity (Wildman–Crippen MR) is 72.7 cm³/mol. The van der Waals surface area contributed by atoms with Gasteiger partial charge in [-0.1, -0.05) is 0 Å². The summed E-state index contributed by atoms with van der Waals surface area (Å²) < 4.78 is 5.23. The van der Waals surface area contributed by atoms with Crippen LogP contribution in [0.15, 0.2) is 0 Å². The van der Waals surface area contributed by atoms with E-state index in [9.17, 15) is 14.4 Å². The molecule has 2 aliphatic heterocycles. The molecule has 1 unspecified atom stereocenters. The van der Waals surface area contributed by atoms with Gasteiger partial charge < -0.3 is 25.4 Å². The molecule has 1 atom stereocenters. The topological polar surface area (TPSA) is 108 Å². The molecule has 0 radical (unpaired) electrons. The summed E-state index contributed by atoms with van der Waals surface area (Å²) in [5, 5.41) is 14.2. The largest absolute Gasteiger partial charge is 0.480 e. The molecular formula is C13H21N3O5. The smallest absolute Gasteiger partial charge is 0.329 e. The van der Waals surface area contributed by atoms with Gasteiger partial charge in [-0.25, -0.2) is 9.59 Å². The van der Waals surface area contributed by atoms with Gasteiger partial charge in [0.2, 0.25) is 5.91 Å². The van der Waals surface area contributed by atoms with Gasteiger partial charge in [0, 0.05) is 32.1 Å². The lowest BCUT2D eigenvalue weighted by molar-refractivity contribution is -0.145. The van der Waals surface area contributed by atoms with Gasteiger partial charge in [-0.15, -0.1) is 0 Å². The molecule has 0 aromatic carbocycles. The number of ether oxygens (including phenoxy) is 1. The zero-order valence-corrected chi connectivity index (χ0v) is 11.8. The van der Waals surface area contributed by atoms with Gasteiger partial charge in [-0.2, -0.15) is 0 Å². The molecule has 3 amide bonds. The van der Waals surface area contributed by atoms with Crippen LogP contribution in [-0.2, 0) is 14.3 Å². The summed E-state index contributed by atoms with van der Waals surface area (Å²) in [6.45, 7) is 1.28. The molecule has 2 rings (SSSR count). The molecule has 8 heteroatoms. The molecule has 0 bridgehead atoms. The van der Waals surface area contributed by atoms with Crippen LogP contribution in [-0.4, -0.2) is 66.3 Å². The highest BCUT2D eigenvalue weighted by molar-refractivity contribution is 5.78. The molecule has 21 heavy (non-hydrogen) atoms. The standard InChI is InChI=1S/C13H21N3O5/c17-11-2-1-9(7-14-11)15-13(20)16-5-3-10(4-6-16)21-8-12(18)19/h9-10H,1-8H2,(H,14,17)(H,15,20)(H,18,19). The van der Waals surface area contributed by atoms with E-state index in [0.29, 0.717) is 45.3 Å². The number of amides is 3. The van der Waals surface area contributed by atoms with Crippen LogP contribution >= 0.6 is 0 Å². The molecule has 0 aromatic rings. The zero-order valence-electron chi connectivity index (χ0n) is 11.8. The second-order valence-electron chi connectivity index (χ2n) is 5.38. The molecule has 2 heterocycles. The summed E-state index contributed by atoms with van der Waals surface area (Å²) >= 11 is 0. The lowest BCUT2D eigenvalue weighted by Crippen LogP contribution is -2.53. The maximum absolute atomic E-state index is 12.1. The van der Waals surface area contributed by atoms with E-state index >= 15 is 0 Å². The Bertz CT molecular complexity index is 397. The Hall–Kier alpha value is -1.83. The number of urea groups is 1. The van der Waals surface area contributed by atoms with Crippen molar-refractivity contribution in [2.75, 3.05) is 26.2 Å². The highest BCUT2D eigenvalue weighted by Crippen LogP contribution is 2.14. The van der Waals surface area contributed by atoms with Crippen LogP contribution in [0, 0.1) is 0 Å². The molecule has 0 spiro atoms. The number of carboxylic acid groups (broad SMARTS) is 1. The van der Waals surface area contributed by atoms with Crippen LogP contribution in [0.1, 0.15) is 25.7 Å². The lowest BCUT2D eigenvalue weighted by atomic mass is 10.1. The number of carbonyl (C=O) groups excluding carboxylic acids is 2. The van der Waals surface area contributed by atoms with Gasteiger partial charge in [0.05, 0.1) is 6.10 Å². The van der Waals surface area contributed by atoms with Crippen LogP contribution < -0.4 is 10.6 Å². The molecule has 2 aliphatic rings. The average Bonchev–Trinajstić information content (AvgIpc) is 2.48. The number of rotatable bonds is 4. The van der Waals surface area contributed by atoms with Crippen molar-refractivity contribution in [1.29, 1.82) is 0 Å². The third-order valence-electron chi connectivity index (χ3n) is 3.76. The minimum atomic E-state index is -0.977. The van der Waals surface area contributed by atoms with Crippen LogP contribution in [0.4, 0.5) is 4.79 Å². The summed E-state index contributed by atoms with van der Waals surface area (Å²) in [6, 6.07) is -0.149. The van der Waals surface area contributed by atoms with Gasteiger partial charge in [0.1, 0.15) is 6.61 Å². The van der Waals surface area contributed by atoms with Crippen LogP contribution in [0.5, 0.6) is 0 Å². The first kappa shape index (κ1) is 15.6. The Morgan fingerprint density at radius 1 is 1.33 bits per heavy atom. The number of piperidine rings is 2. The summed E-state index contributed by atoms with van der Waals surface area (Å²) in [5.74, 6) is -0.952. The number of hydrogen-bond donors (Lipinski definition) is 3. The number of hydrogen-bond acceptors (Lipinski definition) is 4. The third kappa shape index (κ3) is 4.89. The van der Waals surface area contributed by atoms with Crippen molar-refractivity contribution in [3.63, 3.8) is 0 Å². The van der Waals surface area contributed by atoms with E-state index in [4.69, 9.17) is 9.84 Å². The lowest BCUT2D eigenvalue weighted by Gasteiger charge is -2.33. The van der Waals surface area contributed by atoms with E-state index in [-0.39, 0.29) is 30.7 Å². The fraction of sp³-hybridized carbons (Fsp3) is 0.769. The first-order valence-electron chi connectivity index (χ1n) is 7.20. The Kier molecular flexibility index (Phi) is 5.38. The van der Waals surface area contributed by atoms with E-state index in [1.54, 1.807) is 4.90 Å². The van der Waals surface area contributed by atoms with Gasteiger partial charge in [0.15, 0.2) is 0 Å². The molecule has 118 valence electrons. The van der Waals surface area contributed by atoms with Crippen molar-refractivity contribution in [3.8, 4) is 0 Å². The summed E-state index contributed by atoms with van der Waals surface area (Å²) in [4.78, 5) is 35.3. The Labute approximate surface area is 122 Å². The maximum atomic E-state index is 12.1. The first-order valence-corrected chi connectivity index (χ1v) is 7.20. The number of likely N-dealkylation sites (tertiary alicyclic amines) is 1. The Morgan fingerprint density at radius 3 is 2.62 bits per heavy atom. The highest BCUT2D eigenvalue weighted by atomic mass is 16.5. The highest BCUT2D eigenvalue weighted by Gasteiger charge is 2.26. The average molecular weight is 299 g/mol. The SMILES string of the molecule is O=C(O)COC1CCN(C(=O)NC2CCC(=O)NC2)CC1. The van der Waals surface area contributed by atoms with Crippen molar-refractivity contribution >= 4 is 17.9 Å². The molecule has 2 saturated heterocycles. The molecule has 2 fully saturated rings. The molecule has 3 N–H and O–H groups in total. The van der Waals surface area contributed by atoms with E-state index in [1.807, 2.05) is 0 Å². The van der Waals surface area contributed by atoms with Crippen LogP contribution in [0.2, 0.25) is 0 Å². The van der Waals surface area contributed by atoms with Crippen LogP contribution in [0.3, 0.4) is 0 Å². The number of carboxylic acids is 1. The van der Waals surface area contributed by atoms with Crippen molar-refractivity contribution in [3.05, 3.63) is 0 Å². The normalized spacial score (nSPS) is 23.5. The quantitative estimate of drug-likeness (QED) is 0.651. The zero-order chi connectivity index (χ0) is 15.2. The predicted octanol–water partition coefficient (Wildman–Crippen LogP) is -0.460. The van der Waals surface area contributed by atoms with Crippen LogP contribution in [0.25, 0.3) is 0 Å². The van der Waals surface area contributed by atoms with E-state index in [1.165, 1.54) is 0 Å². The van der Waals surface area contributed by atoms with Gasteiger partial charge >= 0.3 is 12.0 Å². The minimum Gasteiger partial charge on any atom is -0.480 e. The van der Waals surface area contributed by atoms with Crippen molar-refractivity contribution in [2.45, 2.75) is 37.8 Å². The summed E-state index contributed by atoms with van der Waals surface area (Å²) in [7, 11) is 0. The summed E-state index contributed by atoms with van der Waals surface area (Å²) in [6.07, 6.45) is 2.29. The Morgan fingerprint density at radius 2 is 2.05 bits per heavy atom. The maximum Gasteiger partial charge on any atom is 0.329 e. The molecule has 0 aliphatic carbocycles. The van der Waals surface area contributed by atoms with E-state index in [2.05, 4.69) is 10.6 Å². The van der Waals surface area contributed by atoms with Gasteiger partial charge in [-0.05, 0) is 19.3 Å². The monoisotopic (exact) mass is 299 g/mol. The fourth-order valence-electron chi connectivity index (χ4n) is 2.54. The number of nitrogens with zero attached hydrogens (tertiary/aromatic N) is 1. The van der Waals surface area contributed by atoms with Crippen molar-refractivity contribution < 1.29 is 24.2 Å². The molecule has 0 aromatic heterocycles. The third-order valence-corrected chi connectivity index (χ3v) is 3.76. The number of carbonyl (C=O) groups is 3. The fourth-order valence-corrected chi connectivity index (χ4v) is 2.54. The number of nitrogens with one attached hydrogen (secondary N) is 2.